The van der Waals surface area contributed by atoms with E-state index in [1.807, 2.05) is 0 Å². The molecule has 3 aromatic carbocycles. The van der Waals surface area contributed by atoms with E-state index in [2.05, 4.69) is 10.4 Å². The molecule has 0 atom stereocenters. The van der Waals surface area contributed by atoms with Gasteiger partial charge >= 0.3 is 5.97 Å². The van der Waals surface area contributed by atoms with Crippen molar-refractivity contribution in [2.75, 3.05) is 14.2 Å². The van der Waals surface area contributed by atoms with Gasteiger partial charge in [-0.05, 0) is 46.8 Å². The number of rotatable bonds is 9. The van der Waals surface area contributed by atoms with Crippen LogP contribution in [-0.2, 0) is 0 Å². The maximum atomic E-state index is 11.5. The number of methoxy groups -OCH3 is 2. The number of nitroso groups, excluding NO2 is 2. The summed E-state index contributed by atoms with van der Waals surface area (Å²) in [6, 6.07) is 12.8. The Morgan fingerprint density at radius 2 is 1.16 bits per heavy atom. The van der Waals surface area contributed by atoms with Crippen molar-refractivity contribution in [1.29, 1.82) is 0 Å². The fourth-order valence-corrected chi connectivity index (χ4v) is 2.68. The van der Waals surface area contributed by atoms with Crippen molar-refractivity contribution in [3.05, 3.63) is 70.0 Å². The molecule has 0 radical (unpaired) electrons. The lowest BCUT2D eigenvalue weighted by molar-refractivity contribution is 0.0696. The van der Waals surface area contributed by atoms with Crippen LogP contribution >= 0.6 is 0 Å². The maximum absolute atomic E-state index is 11.5. The minimum absolute atomic E-state index is 0.0798. The summed E-state index contributed by atoms with van der Waals surface area (Å²) in [6.07, 6.45) is 0. The summed E-state index contributed by atoms with van der Waals surface area (Å²) in [5.41, 5.74) is 0.115. The minimum Gasteiger partial charge on any atom is -0.494 e. The lowest BCUT2D eigenvalue weighted by atomic mass is 10.2. The van der Waals surface area contributed by atoms with E-state index in [9.17, 15) is 19.7 Å². The third-order valence-electron chi connectivity index (χ3n) is 4.10. The first-order valence-corrected chi connectivity index (χ1v) is 8.74. The number of carboxylic acids is 1. The molecule has 0 aliphatic heterocycles. The van der Waals surface area contributed by atoms with Crippen molar-refractivity contribution >= 4 is 17.3 Å². The molecule has 0 aliphatic rings. The van der Waals surface area contributed by atoms with Gasteiger partial charge in [0.05, 0.1) is 19.8 Å². The number of benzene rings is 3. The lowest BCUT2D eigenvalue weighted by Gasteiger charge is -2.12. The van der Waals surface area contributed by atoms with Gasteiger partial charge in [0.15, 0.2) is 11.5 Å². The maximum Gasteiger partial charge on any atom is 0.335 e. The van der Waals surface area contributed by atoms with Crippen LogP contribution in [0.5, 0.6) is 34.5 Å². The van der Waals surface area contributed by atoms with Gasteiger partial charge in [-0.1, -0.05) is 0 Å². The summed E-state index contributed by atoms with van der Waals surface area (Å²) >= 11 is 0. The molecule has 10 heteroatoms. The van der Waals surface area contributed by atoms with Gasteiger partial charge in [-0.2, -0.15) is 0 Å². The highest BCUT2D eigenvalue weighted by Gasteiger charge is 2.13. The standard InChI is InChI=1S/C21H16N2O8/c1-28-19-10-13(3-5-17(19)22-26)30-15-7-12(21(24)25)8-16(9-15)31-14-4-6-18(23-27)20(11-14)29-2/h3-11H,1-2H3,(H,24,25). The summed E-state index contributed by atoms with van der Waals surface area (Å²) < 4.78 is 21.6. The van der Waals surface area contributed by atoms with Gasteiger partial charge in [0.25, 0.3) is 0 Å². The van der Waals surface area contributed by atoms with E-state index < -0.39 is 5.97 Å². The van der Waals surface area contributed by atoms with Gasteiger partial charge in [-0.15, -0.1) is 9.81 Å². The fraction of sp³-hybridized carbons (Fsp3) is 0.0952. The van der Waals surface area contributed by atoms with Crippen molar-refractivity contribution in [3.8, 4) is 34.5 Å². The van der Waals surface area contributed by atoms with Crippen LogP contribution in [0, 0.1) is 9.81 Å². The molecule has 0 amide bonds. The molecule has 3 rings (SSSR count). The van der Waals surface area contributed by atoms with E-state index in [4.69, 9.17) is 18.9 Å². The zero-order valence-corrected chi connectivity index (χ0v) is 16.4. The molecule has 0 heterocycles. The Labute approximate surface area is 175 Å². The molecule has 10 nitrogen and oxygen atoms in total. The molecule has 0 saturated heterocycles. The van der Waals surface area contributed by atoms with Gasteiger partial charge in [0.1, 0.15) is 34.4 Å². The molecule has 0 saturated carbocycles. The molecule has 0 unspecified atom stereocenters. The SMILES string of the molecule is COc1cc(Oc2cc(Oc3ccc(N=O)c(OC)c3)cc(C(=O)O)c2)ccc1N=O. The first kappa shape index (κ1) is 21.2. The quantitative estimate of drug-likeness (QED) is 0.427. The van der Waals surface area contributed by atoms with Crippen LogP contribution in [0.25, 0.3) is 0 Å². The van der Waals surface area contributed by atoms with Gasteiger partial charge in [0, 0.05) is 18.2 Å². The van der Waals surface area contributed by atoms with E-state index in [-0.39, 0.29) is 39.9 Å². The van der Waals surface area contributed by atoms with Crippen LogP contribution in [0.4, 0.5) is 11.4 Å². The van der Waals surface area contributed by atoms with Crippen molar-refractivity contribution in [3.63, 3.8) is 0 Å². The summed E-state index contributed by atoms with van der Waals surface area (Å²) in [6.45, 7) is 0. The normalized spacial score (nSPS) is 10.1. The second kappa shape index (κ2) is 9.35. The molecule has 3 aromatic rings. The molecular weight excluding hydrogens is 408 g/mol. The Morgan fingerprint density at radius 3 is 1.52 bits per heavy atom. The third-order valence-corrected chi connectivity index (χ3v) is 4.10. The predicted molar refractivity (Wildman–Crippen MR) is 110 cm³/mol. The second-order valence-corrected chi connectivity index (χ2v) is 6.05. The third kappa shape index (κ3) is 4.93. The number of hydrogen-bond acceptors (Lipinski definition) is 9. The summed E-state index contributed by atoms with van der Waals surface area (Å²) in [4.78, 5) is 33.1. The van der Waals surface area contributed by atoms with Crippen LogP contribution in [0.2, 0.25) is 0 Å². The predicted octanol–water partition coefficient (Wildman–Crippen LogP) is 5.78. The minimum atomic E-state index is -1.19. The molecule has 0 fully saturated rings. The smallest absolute Gasteiger partial charge is 0.335 e. The number of ether oxygens (including phenoxy) is 4. The fourth-order valence-electron chi connectivity index (χ4n) is 2.68. The molecular formula is C21H16N2O8. The summed E-state index contributed by atoms with van der Waals surface area (Å²) in [7, 11) is 2.76. The van der Waals surface area contributed by atoms with Crippen molar-refractivity contribution < 1.29 is 28.8 Å². The monoisotopic (exact) mass is 424 g/mol. The number of aromatic carboxylic acids is 1. The average molecular weight is 424 g/mol. The Hall–Kier alpha value is -4.47. The van der Waals surface area contributed by atoms with Gasteiger partial charge in [-0.25, -0.2) is 4.79 Å². The highest BCUT2D eigenvalue weighted by atomic mass is 16.5. The van der Waals surface area contributed by atoms with Crippen LogP contribution in [0.15, 0.2) is 65.0 Å². The Kier molecular flexibility index (Phi) is 6.41. The van der Waals surface area contributed by atoms with E-state index in [0.29, 0.717) is 11.5 Å². The van der Waals surface area contributed by atoms with Crippen LogP contribution in [0.1, 0.15) is 10.4 Å². The number of carbonyl (C=O) groups is 1. The highest BCUT2D eigenvalue weighted by molar-refractivity contribution is 5.88. The lowest BCUT2D eigenvalue weighted by Crippen LogP contribution is -1.98. The van der Waals surface area contributed by atoms with Crippen LogP contribution in [0.3, 0.4) is 0 Å². The van der Waals surface area contributed by atoms with E-state index in [1.54, 1.807) is 0 Å². The second-order valence-electron chi connectivity index (χ2n) is 6.05. The van der Waals surface area contributed by atoms with Crippen molar-refractivity contribution in [2.45, 2.75) is 0 Å². The topological polar surface area (TPSA) is 133 Å². The molecule has 31 heavy (non-hydrogen) atoms. The van der Waals surface area contributed by atoms with Crippen LogP contribution < -0.4 is 18.9 Å². The van der Waals surface area contributed by atoms with Gasteiger partial charge in [-0.3, -0.25) is 0 Å². The zero-order valence-electron chi connectivity index (χ0n) is 16.4. The molecule has 0 bridgehead atoms. The van der Waals surface area contributed by atoms with Crippen LogP contribution in [-0.4, -0.2) is 25.3 Å². The van der Waals surface area contributed by atoms with Gasteiger partial charge < -0.3 is 24.1 Å². The van der Waals surface area contributed by atoms with E-state index in [1.165, 1.54) is 68.8 Å². The molecule has 0 spiro atoms. The van der Waals surface area contributed by atoms with Gasteiger partial charge in [0.2, 0.25) is 0 Å². The average Bonchev–Trinajstić information content (AvgIpc) is 2.78. The molecule has 158 valence electrons. The molecule has 0 aliphatic carbocycles. The number of hydrogen-bond donors (Lipinski definition) is 1. The largest absolute Gasteiger partial charge is 0.494 e. The van der Waals surface area contributed by atoms with Crippen molar-refractivity contribution in [1.82, 2.24) is 0 Å². The highest BCUT2D eigenvalue weighted by Crippen LogP contribution is 2.37. The first-order chi connectivity index (χ1) is 15.0. The molecule has 0 aromatic heterocycles. The van der Waals surface area contributed by atoms with Crippen molar-refractivity contribution in [2.24, 2.45) is 10.4 Å². The Bertz CT molecular complexity index is 1070. The first-order valence-electron chi connectivity index (χ1n) is 8.74. The van der Waals surface area contributed by atoms with E-state index >= 15 is 0 Å². The Morgan fingerprint density at radius 1 is 0.710 bits per heavy atom. The molecule has 1 N–H and O–H groups in total. The Balaban J connectivity index is 1.94. The van der Waals surface area contributed by atoms with E-state index in [0.717, 1.165) is 0 Å². The number of carboxylic acid groups (broad SMARTS) is 1. The number of nitrogens with zero attached hydrogens (tertiary/aromatic N) is 2. The summed E-state index contributed by atoms with van der Waals surface area (Å²) in [5.74, 6) is 0.139. The summed E-state index contributed by atoms with van der Waals surface area (Å²) in [5, 5.41) is 15.1. The zero-order chi connectivity index (χ0) is 22.4.